The van der Waals surface area contributed by atoms with E-state index >= 15 is 0 Å². The number of ether oxygens (including phenoxy) is 1. The molecule has 4 heterocycles. The molecule has 0 atom stereocenters. The fraction of sp³-hybridized carbons (Fsp3) is 0.208. The topological polar surface area (TPSA) is 109 Å². The fourth-order valence-corrected chi connectivity index (χ4v) is 4.01. The van der Waals surface area contributed by atoms with Gasteiger partial charge in [-0.2, -0.15) is 0 Å². The number of hydrogen-bond donors (Lipinski definition) is 3. The number of nitrogens with one attached hydrogen (secondary N) is 2. The SMILES string of the molecule is Cc1nc(N)ccc1-c1cc2cc[nH]c(=O)c2c(Nc2ccc(N3CCOCC3)cc2)n1. The fourth-order valence-electron chi connectivity index (χ4n) is 4.01. The first kappa shape index (κ1) is 20.0. The third-order valence-corrected chi connectivity index (χ3v) is 5.64. The lowest BCUT2D eigenvalue weighted by molar-refractivity contribution is 0.122. The van der Waals surface area contributed by atoms with E-state index in [4.69, 9.17) is 15.5 Å². The van der Waals surface area contributed by atoms with Crippen LogP contribution < -0.4 is 21.5 Å². The van der Waals surface area contributed by atoms with Gasteiger partial charge in [-0.05, 0) is 60.8 Å². The molecule has 0 aliphatic carbocycles. The van der Waals surface area contributed by atoms with Crippen LogP contribution in [0.25, 0.3) is 22.0 Å². The molecule has 4 aromatic rings. The van der Waals surface area contributed by atoms with Gasteiger partial charge in [0.25, 0.3) is 5.56 Å². The molecular weight excluding hydrogens is 404 g/mol. The molecule has 0 bridgehead atoms. The Labute approximate surface area is 185 Å². The Kier molecular flexibility index (Phi) is 5.20. The summed E-state index contributed by atoms with van der Waals surface area (Å²) in [5.74, 6) is 0.955. The predicted molar refractivity (Wildman–Crippen MR) is 128 cm³/mol. The van der Waals surface area contributed by atoms with E-state index in [1.54, 1.807) is 12.3 Å². The molecule has 1 fully saturated rings. The second-order valence-corrected chi connectivity index (χ2v) is 7.77. The second-order valence-electron chi connectivity index (χ2n) is 7.77. The number of benzene rings is 1. The van der Waals surface area contributed by atoms with Gasteiger partial charge in [0.15, 0.2) is 0 Å². The number of nitrogens with zero attached hydrogens (tertiary/aromatic N) is 3. The zero-order valence-electron chi connectivity index (χ0n) is 17.8. The molecule has 8 nitrogen and oxygen atoms in total. The summed E-state index contributed by atoms with van der Waals surface area (Å²) in [5, 5.41) is 4.64. The van der Waals surface area contributed by atoms with Gasteiger partial charge >= 0.3 is 0 Å². The Morgan fingerprint density at radius 2 is 1.84 bits per heavy atom. The maximum atomic E-state index is 12.6. The van der Waals surface area contributed by atoms with Gasteiger partial charge in [0, 0.05) is 41.9 Å². The first-order valence-electron chi connectivity index (χ1n) is 10.5. The summed E-state index contributed by atoms with van der Waals surface area (Å²) in [4.78, 5) is 26.8. The average Bonchev–Trinajstić information content (AvgIpc) is 2.80. The number of morpholine rings is 1. The van der Waals surface area contributed by atoms with Crippen molar-refractivity contribution < 1.29 is 4.74 Å². The standard InChI is InChI=1S/C24H24N6O2/c1-15-19(6-7-21(25)27-15)20-14-16-8-9-26-24(31)22(16)23(29-20)28-17-2-4-18(5-3-17)30-10-12-32-13-11-30/h2-9,14H,10-13H2,1H3,(H2,25,27)(H,26,31)(H,28,29). The molecule has 0 radical (unpaired) electrons. The first-order valence-corrected chi connectivity index (χ1v) is 10.5. The Morgan fingerprint density at radius 1 is 1.06 bits per heavy atom. The van der Waals surface area contributed by atoms with Gasteiger partial charge < -0.3 is 25.7 Å². The van der Waals surface area contributed by atoms with Crippen molar-refractivity contribution in [3.63, 3.8) is 0 Å². The van der Waals surface area contributed by atoms with Crippen LogP contribution in [0.1, 0.15) is 5.69 Å². The maximum Gasteiger partial charge on any atom is 0.259 e. The summed E-state index contributed by atoms with van der Waals surface area (Å²) < 4.78 is 5.43. The number of aromatic nitrogens is 3. The molecule has 5 rings (SSSR count). The Bertz CT molecular complexity index is 1330. The maximum absolute atomic E-state index is 12.6. The van der Waals surface area contributed by atoms with Crippen LogP contribution in [0, 0.1) is 6.92 Å². The quantitative estimate of drug-likeness (QED) is 0.457. The van der Waals surface area contributed by atoms with Crippen molar-refractivity contribution in [2.24, 2.45) is 0 Å². The highest BCUT2D eigenvalue weighted by Crippen LogP contribution is 2.30. The minimum Gasteiger partial charge on any atom is -0.384 e. The Morgan fingerprint density at radius 3 is 2.59 bits per heavy atom. The highest BCUT2D eigenvalue weighted by molar-refractivity contribution is 5.95. The summed E-state index contributed by atoms with van der Waals surface area (Å²) in [6, 6.07) is 15.6. The lowest BCUT2D eigenvalue weighted by atomic mass is 10.1. The van der Waals surface area contributed by atoms with Crippen LogP contribution in [-0.2, 0) is 4.74 Å². The lowest BCUT2D eigenvalue weighted by Crippen LogP contribution is -2.36. The van der Waals surface area contributed by atoms with Crippen LogP contribution in [0.3, 0.4) is 0 Å². The molecule has 4 N–H and O–H groups in total. The number of aromatic amines is 1. The van der Waals surface area contributed by atoms with Crippen LogP contribution in [0.15, 0.2) is 59.5 Å². The van der Waals surface area contributed by atoms with Crippen LogP contribution in [0.5, 0.6) is 0 Å². The molecule has 0 unspecified atom stereocenters. The zero-order chi connectivity index (χ0) is 22.1. The number of fused-ring (bicyclic) bond motifs is 1. The van der Waals surface area contributed by atoms with E-state index in [1.165, 1.54) is 0 Å². The molecular formula is C24H24N6O2. The Balaban J connectivity index is 1.54. The van der Waals surface area contributed by atoms with Crippen molar-refractivity contribution in [3.05, 3.63) is 70.8 Å². The number of H-pyrrole nitrogens is 1. The van der Waals surface area contributed by atoms with Gasteiger partial charge in [-0.1, -0.05) is 0 Å². The third kappa shape index (κ3) is 3.88. The van der Waals surface area contributed by atoms with E-state index in [0.29, 0.717) is 17.0 Å². The highest BCUT2D eigenvalue weighted by atomic mass is 16.5. The van der Waals surface area contributed by atoms with Gasteiger partial charge in [0.2, 0.25) is 0 Å². The predicted octanol–water partition coefficient (Wildman–Crippen LogP) is 3.46. The lowest BCUT2D eigenvalue weighted by Gasteiger charge is -2.28. The van der Waals surface area contributed by atoms with Crippen LogP contribution in [0.4, 0.5) is 23.0 Å². The molecule has 1 aromatic carbocycles. The van der Waals surface area contributed by atoms with Crippen molar-refractivity contribution in [1.29, 1.82) is 0 Å². The number of anilines is 4. The number of nitrogen functional groups attached to an aromatic ring is 1. The van der Waals surface area contributed by atoms with Gasteiger partial charge in [-0.15, -0.1) is 0 Å². The summed E-state index contributed by atoms with van der Waals surface area (Å²) in [6.07, 6.45) is 1.64. The third-order valence-electron chi connectivity index (χ3n) is 5.64. The number of rotatable bonds is 4. The molecule has 3 aromatic heterocycles. The van der Waals surface area contributed by atoms with E-state index in [1.807, 2.05) is 37.3 Å². The van der Waals surface area contributed by atoms with Crippen molar-refractivity contribution >= 4 is 33.8 Å². The summed E-state index contributed by atoms with van der Waals surface area (Å²) in [7, 11) is 0. The van der Waals surface area contributed by atoms with E-state index in [0.717, 1.165) is 60.0 Å². The minimum absolute atomic E-state index is 0.193. The highest BCUT2D eigenvalue weighted by Gasteiger charge is 2.14. The largest absolute Gasteiger partial charge is 0.384 e. The molecule has 0 saturated carbocycles. The first-order chi connectivity index (χ1) is 15.6. The van der Waals surface area contributed by atoms with E-state index in [9.17, 15) is 4.79 Å². The molecule has 1 aliphatic rings. The van der Waals surface area contributed by atoms with Crippen molar-refractivity contribution in [2.45, 2.75) is 6.92 Å². The van der Waals surface area contributed by atoms with Gasteiger partial charge in [-0.3, -0.25) is 4.79 Å². The second kappa shape index (κ2) is 8.32. The summed E-state index contributed by atoms with van der Waals surface area (Å²) >= 11 is 0. The molecule has 162 valence electrons. The molecule has 1 saturated heterocycles. The monoisotopic (exact) mass is 428 g/mol. The van der Waals surface area contributed by atoms with E-state index in [-0.39, 0.29) is 5.56 Å². The van der Waals surface area contributed by atoms with E-state index in [2.05, 4.69) is 32.3 Å². The Hall–Kier alpha value is -3.91. The molecule has 32 heavy (non-hydrogen) atoms. The smallest absolute Gasteiger partial charge is 0.259 e. The summed E-state index contributed by atoms with van der Waals surface area (Å²) in [5.41, 5.74) is 9.99. The zero-order valence-corrected chi connectivity index (χ0v) is 17.8. The van der Waals surface area contributed by atoms with Crippen LogP contribution >= 0.6 is 0 Å². The van der Waals surface area contributed by atoms with E-state index < -0.39 is 0 Å². The molecule has 0 spiro atoms. The van der Waals surface area contributed by atoms with Gasteiger partial charge in [0.1, 0.15) is 11.6 Å². The van der Waals surface area contributed by atoms with Crippen molar-refractivity contribution in [2.75, 3.05) is 42.3 Å². The molecule has 0 amide bonds. The van der Waals surface area contributed by atoms with Crippen LogP contribution in [-0.4, -0.2) is 41.3 Å². The van der Waals surface area contributed by atoms with Gasteiger partial charge in [-0.25, -0.2) is 9.97 Å². The number of nitrogens with two attached hydrogens (primary N) is 1. The van der Waals surface area contributed by atoms with Crippen LogP contribution in [0.2, 0.25) is 0 Å². The molecule has 8 heteroatoms. The number of hydrogen-bond acceptors (Lipinski definition) is 7. The average molecular weight is 428 g/mol. The number of pyridine rings is 3. The summed E-state index contributed by atoms with van der Waals surface area (Å²) in [6.45, 7) is 5.14. The van der Waals surface area contributed by atoms with Gasteiger partial charge in [0.05, 0.1) is 24.3 Å². The van der Waals surface area contributed by atoms with Crippen molar-refractivity contribution in [3.8, 4) is 11.3 Å². The minimum atomic E-state index is -0.193. The van der Waals surface area contributed by atoms with Crippen molar-refractivity contribution in [1.82, 2.24) is 15.0 Å². The number of aryl methyl sites for hydroxylation is 1. The normalized spacial score (nSPS) is 14.0. The molecule has 1 aliphatic heterocycles.